The fraction of sp³-hybridized carbons (Fsp3) is 0.391. The van der Waals surface area contributed by atoms with Crippen LogP contribution in [0.15, 0.2) is 42.9 Å². The van der Waals surface area contributed by atoms with Gasteiger partial charge in [-0.3, -0.25) is 9.48 Å². The number of rotatable bonds is 5. The van der Waals surface area contributed by atoms with Gasteiger partial charge >= 0.3 is 6.18 Å². The van der Waals surface area contributed by atoms with Gasteiger partial charge in [0.1, 0.15) is 12.2 Å². The summed E-state index contributed by atoms with van der Waals surface area (Å²) < 4.78 is 45.9. The molecular weight excluding hydrogens is 449 g/mol. The Labute approximate surface area is 194 Å². The molecule has 1 aliphatic heterocycles. The molecule has 3 aromatic rings. The summed E-state index contributed by atoms with van der Waals surface area (Å²) in [4.78, 5) is 22.1. The second-order valence-corrected chi connectivity index (χ2v) is 8.44. The quantitative estimate of drug-likeness (QED) is 0.601. The van der Waals surface area contributed by atoms with Crippen molar-refractivity contribution in [2.75, 3.05) is 18.5 Å². The van der Waals surface area contributed by atoms with E-state index in [4.69, 9.17) is 4.74 Å². The van der Waals surface area contributed by atoms with Gasteiger partial charge in [0.05, 0.1) is 31.5 Å². The first-order valence-corrected chi connectivity index (χ1v) is 10.8. The summed E-state index contributed by atoms with van der Waals surface area (Å²) in [5.41, 5.74) is 1.96. The van der Waals surface area contributed by atoms with E-state index < -0.39 is 11.9 Å². The zero-order valence-corrected chi connectivity index (χ0v) is 19.0. The Kier molecular flexibility index (Phi) is 6.56. The van der Waals surface area contributed by atoms with Crippen molar-refractivity contribution in [3.05, 3.63) is 54.1 Å². The van der Waals surface area contributed by atoms with Crippen LogP contribution in [0.4, 0.5) is 24.8 Å². The van der Waals surface area contributed by atoms with Crippen molar-refractivity contribution in [2.45, 2.75) is 45.6 Å². The Morgan fingerprint density at radius 3 is 2.62 bits per heavy atom. The fourth-order valence-electron chi connectivity index (χ4n) is 4.04. The van der Waals surface area contributed by atoms with Crippen LogP contribution < -0.4 is 5.32 Å². The fourth-order valence-corrected chi connectivity index (χ4v) is 4.04. The molecule has 4 rings (SSSR count). The SMILES string of the molecule is Cc1cc(Nc2nccc(C(F)(F)F)n2)cc(-c2cnn(CC(=O)N3[C@H](C)COC[C@H]3C)c2)c1. The number of ether oxygens (including phenoxy) is 1. The number of carbonyl (C=O) groups excluding carboxylic acids is 1. The van der Waals surface area contributed by atoms with Gasteiger partial charge in [0.15, 0.2) is 0 Å². The summed E-state index contributed by atoms with van der Waals surface area (Å²) in [5, 5.41) is 7.16. The van der Waals surface area contributed by atoms with Crippen molar-refractivity contribution >= 4 is 17.5 Å². The van der Waals surface area contributed by atoms with E-state index in [0.29, 0.717) is 18.9 Å². The van der Waals surface area contributed by atoms with E-state index in [9.17, 15) is 18.0 Å². The predicted molar refractivity (Wildman–Crippen MR) is 119 cm³/mol. The molecule has 1 fully saturated rings. The van der Waals surface area contributed by atoms with Crippen LogP contribution in [-0.4, -0.2) is 55.9 Å². The molecule has 1 aromatic carbocycles. The van der Waals surface area contributed by atoms with Crippen molar-refractivity contribution < 1.29 is 22.7 Å². The Bertz CT molecular complexity index is 1170. The molecule has 0 radical (unpaired) electrons. The minimum Gasteiger partial charge on any atom is -0.377 e. The van der Waals surface area contributed by atoms with E-state index in [1.165, 1.54) is 0 Å². The molecular formula is C23H25F3N6O2. The molecule has 1 amide bonds. The maximum atomic E-state index is 13.0. The van der Waals surface area contributed by atoms with Crippen molar-refractivity contribution in [1.29, 1.82) is 0 Å². The number of amides is 1. The maximum Gasteiger partial charge on any atom is 0.433 e. The standard InChI is InChI=1S/C23H25F3N6O2/c1-14-6-17(8-19(7-14)29-22-27-5-4-20(30-22)23(24,25)26)18-9-28-31(10-18)11-21(33)32-15(2)12-34-13-16(32)3/h4-10,15-16H,11-13H2,1-3H3,(H,27,29,30)/t15-,16-/m1/s1. The van der Waals surface area contributed by atoms with Crippen LogP contribution in [-0.2, 0) is 22.3 Å². The molecule has 0 spiro atoms. The minimum absolute atomic E-state index is 0.00486. The number of benzene rings is 1. The van der Waals surface area contributed by atoms with Crippen LogP contribution in [0.5, 0.6) is 0 Å². The molecule has 3 heterocycles. The van der Waals surface area contributed by atoms with Crippen LogP contribution in [0.1, 0.15) is 25.1 Å². The number of aromatic nitrogens is 4. The smallest absolute Gasteiger partial charge is 0.377 e. The number of carbonyl (C=O) groups is 1. The first-order valence-electron chi connectivity index (χ1n) is 10.8. The van der Waals surface area contributed by atoms with Crippen LogP contribution in [0.2, 0.25) is 0 Å². The number of alkyl halides is 3. The van der Waals surface area contributed by atoms with Crippen molar-refractivity contribution in [3.8, 4) is 11.1 Å². The summed E-state index contributed by atoms with van der Waals surface area (Å²) in [5.74, 6) is -0.187. The first kappa shape index (κ1) is 23.7. The summed E-state index contributed by atoms with van der Waals surface area (Å²) in [6.45, 7) is 6.90. The van der Waals surface area contributed by atoms with Gasteiger partial charge in [-0.25, -0.2) is 9.97 Å². The molecule has 8 nitrogen and oxygen atoms in total. The van der Waals surface area contributed by atoms with E-state index in [-0.39, 0.29) is 30.5 Å². The van der Waals surface area contributed by atoms with E-state index in [1.807, 2.05) is 31.7 Å². The van der Waals surface area contributed by atoms with Crippen LogP contribution in [0, 0.1) is 6.92 Å². The lowest BCUT2D eigenvalue weighted by atomic mass is 10.1. The highest BCUT2D eigenvalue weighted by Gasteiger charge is 2.33. The summed E-state index contributed by atoms with van der Waals surface area (Å²) in [6, 6.07) is 6.28. The molecule has 0 aliphatic carbocycles. The number of anilines is 2. The summed E-state index contributed by atoms with van der Waals surface area (Å²) >= 11 is 0. The molecule has 1 N–H and O–H groups in total. The number of halogens is 3. The average molecular weight is 474 g/mol. The van der Waals surface area contributed by atoms with Crippen molar-refractivity contribution in [2.24, 2.45) is 0 Å². The Morgan fingerprint density at radius 1 is 1.18 bits per heavy atom. The number of nitrogens with one attached hydrogen (secondary N) is 1. The maximum absolute atomic E-state index is 13.0. The van der Waals surface area contributed by atoms with Gasteiger partial charge in [-0.15, -0.1) is 0 Å². The topological polar surface area (TPSA) is 85.2 Å². The summed E-state index contributed by atoms with van der Waals surface area (Å²) in [6.07, 6.45) is -0.0716. The second kappa shape index (κ2) is 9.41. The predicted octanol–water partition coefficient (Wildman–Crippen LogP) is 4.05. The Balaban J connectivity index is 1.51. The average Bonchev–Trinajstić information content (AvgIpc) is 3.21. The highest BCUT2D eigenvalue weighted by molar-refractivity contribution is 5.77. The van der Waals surface area contributed by atoms with E-state index in [1.54, 1.807) is 29.2 Å². The van der Waals surface area contributed by atoms with Crippen molar-refractivity contribution in [1.82, 2.24) is 24.6 Å². The molecule has 1 aliphatic rings. The molecule has 180 valence electrons. The van der Waals surface area contributed by atoms with E-state index in [2.05, 4.69) is 20.4 Å². The summed E-state index contributed by atoms with van der Waals surface area (Å²) in [7, 11) is 0. The number of hydrogen-bond acceptors (Lipinski definition) is 6. The van der Waals surface area contributed by atoms with Gasteiger partial charge in [0.2, 0.25) is 11.9 Å². The monoisotopic (exact) mass is 474 g/mol. The number of hydrogen-bond donors (Lipinski definition) is 1. The minimum atomic E-state index is -4.56. The van der Waals surface area contributed by atoms with Gasteiger partial charge in [-0.2, -0.15) is 18.3 Å². The lowest BCUT2D eigenvalue weighted by molar-refractivity contribution is -0.145. The molecule has 0 bridgehead atoms. The van der Waals surface area contributed by atoms with Crippen LogP contribution in [0.3, 0.4) is 0 Å². The Morgan fingerprint density at radius 2 is 1.91 bits per heavy atom. The second-order valence-electron chi connectivity index (χ2n) is 8.44. The molecule has 0 unspecified atom stereocenters. The highest BCUT2D eigenvalue weighted by Crippen LogP contribution is 2.29. The largest absolute Gasteiger partial charge is 0.433 e. The number of morpholine rings is 1. The van der Waals surface area contributed by atoms with Gasteiger partial charge < -0.3 is 15.0 Å². The van der Waals surface area contributed by atoms with Gasteiger partial charge in [0, 0.05) is 23.6 Å². The van der Waals surface area contributed by atoms with Crippen LogP contribution in [0.25, 0.3) is 11.1 Å². The highest BCUT2D eigenvalue weighted by atomic mass is 19.4. The zero-order valence-electron chi connectivity index (χ0n) is 19.0. The van der Waals surface area contributed by atoms with Crippen molar-refractivity contribution in [3.63, 3.8) is 0 Å². The van der Waals surface area contributed by atoms with E-state index in [0.717, 1.165) is 29.0 Å². The zero-order chi connectivity index (χ0) is 24.5. The Hall–Kier alpha value is -3.47. The third-order valence-corrected chi connectivity index (χ3v) is 5.50. The van der Waals surface area contributed by atoms with Gasteiger partial charge in [-0.1, -0.05) is 6.07 Å². The molecule has 1 saturated heterocycles. The first-order chi connectivity index (χ1) is 16.1. The molecule has 11 heteroatoms. The normalized spacial score (nSPS) is 18.7. The molecule has 0 saturated carbocycles. The molecule has 2 atom stereocenters. The van der Waals surface area contributed by atoms with Crippen LogP contribution >= 0.6 is 0 Å². The lowest BCUT2D eigenvalue weighted by Gasteiger charge is -2.38. The molecule has 34 heavy (non-hydrogen) atoms. The van der Waals surface area contributed by atoms with Gasteiger partial charge in [-0.05, 0) is 50.1 Å². The third-order valence-electron chi connectivity index (χ3n) is 5.50. The van der Waals surface area contributed by atoms with E-state index >= 15 is 0 Å². The number of nitrogens with zero attached hydrogens (tertiary/aromatic N) is 5. The number of aryl methyl sites for hydroxylation is 1. The lowest BCUT2D eigenvalue weighted by Crippen LogP contribution is -2.53. The third kappa shape index (κ3) is 5.36. The van der Waals surface area contributed by atoms with Gasteiger partial charge in [0.25, 0.3) is 0 Å². The molecule has 2 aromatic heterocycles.